The Balaban J connectivity index is 2.37. The lowest BCUT2D eigenvalue weighted by Gasteiger charge is -2.14. The molecule has 1 aromatic carbocycles. The molecule has 1 aromatic rings. The molecule has 1 fully saturated rings. The molecule has 0 aliphatic heterocycles. The summed E-state index contributed by atoms with van der Waals surface area (Å²) >= 11 is 0. The molecule has 3 atom stereocenters. The van der Waals surface area contributed by atoms with Crippen LogP contribution in [0.3, 0.4) is 0 Å². The first-order valence-electron chi connectivity index (χ1n) is 6.87. The molecule has 0 aromatic heterocycles. The van der Waals surface area contributed by atoms with Crippen molar-refractivity contribution < 1.29 is 13.2 Å². The number of hydrogen-bond acceptors (Lipinski definition) is 4. The lowest BCUT2D eigenvalue weighted by atomic mass is 9.99. The number of sulfone groups is 1. The highest BCUT2D eigenvalue weighted by Gasteiger charge is 2.69. The Morgan fingerprint density at radius 2 is 1.90 bits per heavy atom. The van der Waals surface area contributed by atoms with E-state index in [2.05, 4.69) is 19.1 Å². The molecule has 0 heterocycles. The third kappa shape index (κ3) is 2.50. The van der Waals surface area contributed by atoms with Gasteiger partial charge in [0, 0.05) is 31.2 Å². The number of ether oxygens (including phenoxy) is 1. The molecule has 4 nitrogen and oxygen atoms in total. The van der Waals surface area contributed by atoms with Crippen LogP contribution in [-0.4, -0.2) is 40.2 Å². The molecule has 112 valence electrons. The van der Waals surface area contributed by atoms with E-state index in [1.54, 1.807) is 7.11 Å². The normalized spacial score (nSPS) is 29.4. The maximum atomic E-state index is 12.0. The van der Waals surface area contributed by atoms with E-state index in [9.17, 15) is 8.42 Å². The fourth-order valence-corrected chi connectivity index (χ4v) is 5.34. The topological polar surface area (TPSA) is 69.4 Å². The Hall–Kier alpha value is -0.910. The Bertz CT molecular complexity index is 567. The summed E-state index contributed by atoms with van der Waals surface area (Å²) in [5, 5.41) is -0.438. The average Bonchev–Trinajstić information content (AvgIpc) is 3.09. The van der Waals surface area contributed by atoms with Crippen molar-refractivity contribution >= 4 is 9.84 Å². The van der Waals surface area contributed by atoms with Crippen molar-refractivity contribution in [1.82, 2.24) is 0 Å². The van der Waals surface area contributed by atoms with Crippen LogP contribution in [-0.2, 0) is 21.0 Å². The summed E-state index contributed by atoms with van der Waals surface area (Å²) in [4.78, 5) is 0. The van der Waals surface area contributed by atoms with Gasteiger partial charge in [-0.15, -0.1) is 0 Å². The summed E-state index contributed by atoms with van der Waals surface area (Å²) in [6.45, 7) is 2.79. The smallest absolute Gasteiger partial charge is 0.151 e. The zero-order valence-corrected chi connectivity index (χ0v) is 13.1. The number of rotatable bonds is 6. The number of aryl methyl sites for hydroxylation is 1. The highest BCUT2D eigenvalue weighted by Crippen LogP contribution is 2.62. The second kappa shape index (κ2) is 5.47. The molecule has 1 saturated carbocycles. The summed E-state index contributed by atoms with van der Waals surface area (Å²) in [7, 11) is -1.55. The van der Waals surface area contributed by atoms with Gasteiger partial charge in [-0.1, -0.05) is 31.2 Å². The lowest BCUT2D eigenvalue weighted by molar-refractivity contribution is 0.142. The molecule has 1 aliphatic carbocycles. The Kier molecular flexibility index (Phi) is 4.23. The maximum absolute atomic E-state index is 12.0. The van der Waals surface area contributed by atoms with E-state index in [0.29, 0.717) is 13.2 Å². The summed E-state index contributed by atoms with van der Waals surface area (Å²) in [5.74, 6) is -0.0617. The Labute approximate surface area is 121 Å². The van der Waals surface area contributed by atoms with E-state index in [1.807, 2.05) is 12.1 Å². The van der Waals surface area contributed by atoms with Crippen LogP contribution >= 0.6 is 0 Å². The molecule has 0 radical (unpaired) electrons. The van der Waals surface area contributed by atoms with Gasteiger partial charge in [0.1, 0.15) is 0 Å². The SMILES string of the molecule is CCc1ccc([C@@H]2[C@H](S(C)(=O)=O)[C@@]2(CN)COC)cc1. The summed E-state index contributed by atoms with van der Waals surface area (Å²) in [6.07, 6.45) is 2.26. The molecule has 20 heavy (non-hydrogen) atoms. The van der Waals surface area contributed by atoms with Crippen LogP contribution in [0, 0.1) is 5.41 Å². The molecule has 0 bridgehead atoms. The van der Waals surface area contributed by atoms with E-state index in [0.717, 1.165) is 12.0 Å². The minimum absolute atomic E-state index is 0.0617. The van der Waals surface area contributed by atoms with Gasteiger partial charge in [-0.3, -0.25) is 0 Å². The van der Waals surface area contributed by atoms with Crippen LogP contribution in [0.15, 0.2) is 24.3 Å². The minimum Gasteiger partial charge on any atom is -0.384 e. The first-order chi connectivity index (χ1) is 9.40. The van der Waals surface area contributed by atoms with Crippen LogP contribution < -0.4 is 5.73 Å². The molecule has 5 heteroatoms. The number of methoxy groups -OCH3 is 1. The molecule has 2 N–H and O–H groups in total. The molecular weight excluding hydrogens is 274 g/mol. The Morgan fingerprint density at radius 3 is 2.30 bits per heavy atom. The predicted molar refractivity (Wildman–Crippen MR) is 80.6 cm³/mol. The third-order valence-corrected chi connectivity index (χ3v) is 6.05. The van der Waals surface area contributed by atoms with Gasteiger partial charge in [0.2, 0.25) is 0 Å². The second-order valence-corrected chi connectivity index (χ2v) is 7.86. The van der Waals surface area contributed by atoms with Gasteiger partial charge < -0.3 is 10.5 Å². The van der Waals surface area contributed by atoms with E-state index < -0.39 is 20.5 Å². The van der Waals surface area contributed by atoms with Crippen LogP contribution in [0.25, 0.3) is 0 Å². The third-order valence-electron chi connectivity index (χ3n) is 4.38. The largest absolute Gasteiger partial charge is 0.384 e. The monoisotopic (exact) mass is 297 g/mol. The molecule has 1 aliphatic rings. The van der Waals surface area contributed by atoms with Crippen molar-refractivity contribution in [3.63, 3.8) is 0 Å². The van der Waals surface area contributed by atoms with Gasteiger partial charge in [0.25, 0.3) is 0 Å². The number of nitrogens with two attached hydrogens (primary N) is 1. The number of hydrogen-bond donors (Lipinski definition) is 1. The Morgan fingerprint density at radius 1 is 1.30 bits per heavy atom. The van der Waals surface area contributed by atoms with Gasteiger partial charge in [0.15, 0.2) is 9.84 Å². The van der Waals surface area contributed by atoms with Crippen LogP contribution in [0.2, 0.25) is 0 Å². The molecule has 2 rings (SSSR count). The fraction of sp³-hybridized carbons (Fsp3) is 0.600. The van der Waals surface area contributed by atoms with Crippen molar-refractivity contribution in [2.75, 3.05) is 26.5 Å². The highest BCUT2D eigenvalue weighted by molar-refractivity contribution is 7.91. The molecule has 0 spiro atoms. The lowest BCUT2D eigenvalue weighted by Crippen LogP contribution is -2.28. The quantitative estimate of drug-likeness (QED) is 0.860. The van der Waals surface area contributed by atoms with Gasteiger partial charge >= 0.3 is 0 Å². The van der Waals surface area contributed by atoms with E-state index in [1.165, 1.54) is 11.8 Å². The standard InChI is InChI=1S/C15H23NO3S/c1-4-11-5-7-12(8-6-11)13-14(20(3,17)18)15(13,9-16)10-19-2/h5-8,13-14H,4,9-10,16H2,1-3H3/t13-,14+,15+/m1/s1. The van der Waals surface area contributed by atoms with Gasteiger partial charge in [-0.25, -0.2) is 8.42 Å². The van der Waals surface area contributed by atoms with Crippen LogP contribution in [0.4, 0.5) is 0 Å². The second-order valence-electron chi connectivity index (χ2n) is 5.69. The summed E-state index contributed by atoms with van der Waals surface area (Å²) in [6, 6.07) is 8.16. The molecule has 0 saturated heterocycles. The highest BCUT2D eigenvalue weighted by atomic mass is 32.2. The zero-order valence-electron chi connectivity index (χ0n) is 12.3. The fourth-order valence-electron chi connectivity index (χ4n) is 3.34. The van der Waals surface area contributed by atoms with E-state index >= 15 is 0 Å². The van der Waals surface area contributed by atoms with Crippen molar-refractivity contribution in [3.05, 3.63) is 35.4 Å². The zero-order chi connectivity index (χ0) is 15.0. The number of benzene rings is 1. The minimum atomic E-state index is -3.14. The van der Waals surface area contributed by atoms with E-state index in [-0.39, 0.29) is 5.92 Å². The van der Waals surface area contributed by atoms with Gasteiger partial charge in [0.05, 0.1) is 11.9 Å². The molecule has 0 amide bonds. The first kappa shape index (κ1) is 15.5. The van der Waals surface area contributed by atoms with Crippen molar-refractivity contribution in [3.8, 4) is 0 Å². The van der Waals surface area contributed by atoms with Crippen molar-refractivity contribution in [2.45, 2.75) is 24.5 Å². The van der Waals surface area contributed by atoms with Gasteiger partial charge in [-0.2, -0.15) is 0 Å². The summed E-state index contributed by atoms with van der Waals surface area (Å²) in [5.41, 5.74) is 7.69. The van der Waals surface area contributed by atoms with Crippen LogP contribution in [0.1, 0.15) is 24.0 Å². The van der Waals surface area contributed by atoms with Gasteiger partial charge in [-0.05, 0) is 17.5 Å². The van der Waals surface area contributed by atoms with Crippen LogP contribution in [0.5, 0.6) is 0 Å². The van der Waals surface area contributed by atoms with Crippen molar-refractivity contribution in [2.24, 2.45) is 11.1 Å². The molecular formula is C15H23NO3S. The average molecular weight is 297 g/mol. The first-order valence-corrected chi connectivity index (χ1v) is 8.83. The van der Waals surface area contributed by atoms with E-state index in [4.69, 9.17) is 10.5 Å². The molecule has 0 unspecified atom stereocenters. The van der Waals surface area contributed by atoms with Crippen molar-refractivity contribution in [1.29, 1.82) is 0 Å². The maximum Gasteiger partial charge on any atom is 0.151 e. The predicted octanol–water partition coefficient (Wildman–Crippen LogP) is 1.35. The summed E-state index contributed by atoms with van der Waals surface area (Å²) < 4.78 is 29.3.